The van der Waals surface area contributed by atoms with Crippen LogP contribution in [0.3, 0.4) is 0 Å². The summed E-state index contributed by atoms with van der Waals surface area (Å²) in [7, 11) is 0. The predicted octanol–water partition coefficient (Wildman–Crippen LogP) is 3.92. The molecule has 0 saturated heterocycles. The Morgan fingerprint density at radius 1 is 1.19 bits per heavy atom. The van der Waals surface area contributed by atoms with Crippen molar-refractivity contribution in [1.82, 2.24) is 10.3 Å². The standard InChI is InChI=1S/C21H19N3O2.ClH/c22-12-19-10-17-11-20(7-6-16(17)13-23-19)25-9-8-18-14-26-21(24-18)15-4-2-1-3-5-15;/h1-7,11,14,19,23H,8-10,13H2;1H. The molecule has 0 fully saturated rings. The fourth-order valence-electron chi connectivity index (χ4n) is 3.08. The fraction of sp³-hybridized carbons (Fsp3) is 0.238. The summed E-state index contributed by atoms with van der Waals surface area (Å²) in [5, 5.41) is 12.3. The van der Waals surface area contributed by atoms with Gasteiger partial charge in [0.05, 0.1) is 24.4 Å². The Kier molecular flexibility index (Phi) is 6.12. The zero-order chi connectivity index (χ0) is 17.8. The molecule has 1 atom stereocenters. The van der Waals surface area contributed by atoms with Gasteiger partial charge in [-0.1, -0.05) is 24.3 Å². The van der Waals surface area contributed by atoms with Gasteiger partial charge in [-0.2, -0.15) is 5.26 Å². The monoisotopic (exact) mass is 381 g/mol. The van der Waals surface area contributed by atoms with Gasteiger partial charge in [-0.15, -0.1) is 12.4 Å². The van der Waals surface area contributed by atoms with Gasteiger partial charge in [0.1, 0.15) is 12.0 Å². The van der Waals surface area contributed by atoms with E-state index in [0.29, 0.717) is 25.3 Å². The van der Waals surface area contributed by atoms with E-state index in [1.165, 1.54) is 11.1 Å². The highest BCUT2D eigenvalue weighted by Crippen LogP contribution is 2.23. The number of oxazole rings is 1. The zero-order valence-electron chi connectivity index (χ0n) is 14.7. The van der Waals surface area contributed by atoms with Crippen LogP contribution in [0.15, 0.2) is 59.2 Å². The summed E-state index contributed by atoms with van der Waals surface area (Å²) in [6, 6.07) is 18.1. The lowest BCUT2D eigenvalue weighted by molar-refractivity contribution is 0.319. The molecule has 1 aliphatic heterocycles. The summed E-state index contributed by atoms with van der Waals surface area (Å²) in [6.07, 6.45) is 3.07. The van der Waals surface area contributed by atoms with Gasteiger partial charge < -0.3 is 9.15 Å². The lowest BCUT2D eigenvalue weighted by Gasteiger charge is -2.21. The van der Waals surface area contributed by atoms with Crippen LogP contribution in [0.4, 0.5) is 0 Å². The van der Waals surface area contributed by atoms with Crippen molar-refractivity contribution in [2.75, 3.05) is 6.61 Å². The third-order valence-electron chi connectivity index (χ3n) is 4.50. The van der Waals surface area contributed by atoms with Gasteiger partial charge in [-0.05, 0) is 35.4 Å². The van der Waals surface area contributed by atoms with Gasteiger partial charge >= 0.3 is 0 Å². The Balaban J connectivity index is 0.00000210. The molecule has 0 saturated carbocycles. The number of hydrogen-bond acceptors (Lipinski definition) is 5. The maximum Gasteiger partial charge on any atom is 0.226 e. The van der Waals surface area contributed by atoms with E-state index in [0.717, 1.165) is 23.6 Å². The minimum Gasteiger partial charge on any atom is -0.493 e. The molecule has 2 aromatic carbocycles. The maximum atomic E-state index is 9.08. The molecule has 6 heteroatoms. The first-order valence-electron chi connectivity index (χ1n) is 8.69. The van der Waals surface area contributed by atoms with E-state index in [-0.39, 0.29) is 18.4 Å². The van der Waals surface area contributed by atoms with Crippen LogP contribution in [0.5, 0.6) is 5.75 Å². The summed E-state index contributed by atoms with van der Waals surface area (Å²) in [4.78, 5) is 4.51. The molecule has 0 radical (unpaired) electrons. The van der Waals surface area contributed by atoms with Crippen molar-refractivity contribution < 1.29 is 9.15 Å². The molecule has 0 spiro atoms. The normalized spacial score (nSPS) is 15.3. The maximum absolute atomic E-state index is 9.08. The lowest BCUT2D eigenvalue weighted by atomic mass is 9.96. The van der Waals surface area contributed by atoms with Crippen molar-refractivity contribution in [3.8, 4) is 23.3 Å². The van der Waals surface area contributed by atoms with Crippen LogP contribution in [-0.2, 0) is 19.4 Å². The molecule has 138 valence electrons. The van der Waals surface area contributed by atoms with E-state index < -0.39 is 0 Å². The molecule has 3 aromatic rings. The summed E-state index contributed by atoms with van der Waals surface area (Å²) >= 11 is 0. The van der Waals surface area contributed by atoms with E-state index in [9.17, 15) is 0 Å². The lowest BCUT2D eigenvalue weighted by Crippen LogP contribution is -2.34. The predicted molar refractivity (Wildman–Crippen MR) is 105 cm³/mol. The number of aromatic nitrogens is 1. The van der Waals surface area contributed by atoms with Crippen LogP contribution >= 0.6 is 12.4 Å². The number of nitrogens with zero attached hydrogens (tertiary/aromatic N) is 2. The average molecular weight is 382 g/mol. The van der Waals surface area contributed by atoms with Crippen molar-refractivity contribution in [2.45, 2.75) is 25.4 Å². The van der Waals surface area contributed by atoms with Crippen LogP contribution in [-0.4, -0.2) is 17.6 Å². The topological polar surface area (TPSA) is 71.1 Å². The van der Waals surface area contributed by atoms with Crippen LogP contribution < -0.4 is 10.1 Å². The molecule has 1 N–H and O–H groups in total. The molecule has 27 heavy (non-hydrogen) atoms. The number of halogens is 1. The van der Waals surface area contributed by atoms with E-state index in [4.69, 9.17) is 14.4 Å². The fourth-order valence-corrected chi connectivity index (χ4v) is 3.08. The second-order valence-electron chi connectivity index (χ2n) is 6.31. The number of hydrogen-bond donors (Lipinski definition) is 1. The zero-order valence-corrected chi connectivity index (χ0v) is 15.5. The van der Waals surface area contributed by atoms with Gasteiger partial charge in [0, 0.05) is 24.9 Å². The van der Waals surface area contributed by atoms with Gasteiger partial charge in [-0.3, -0.25) is 5.32 Å². The summed E-state index contributed by atoms with van der Waals surface area (Å²) in [5.74, 6) is 1.46. The van der Waals surface area contributed by atoms with Gasteiger partial charge in [0.25, 0.3) is 0 Å². The molecule has 4 rings (SSSR count). The van der Waals surface area contributed by atoms with Crippen LogP contribution in [0, 0.1) is 11.3 Å². The third-order valence-corrected chi connectivity index (χ3v) is 4.50. The van der Waals surface area contributed by atoms with Crippen LogP contribution in [0.25, 0.3) is 11.5 Å². The van der Waals surface area contributed by atoms with Gasteiger partial charge in [0.15, 0.2) is 0 Å². The molecule has 1 aromatic heterocycles. The van der Waals surface area contributed by atoms with Gasteiger partial charge in [0.2, 0.25) is 5.89 Å². The van der Waals surface area contributed by atoms with E-state index >= 15 is 0 Å². The van der Waals surface area contributed by atoms with Crippen LogP contribution in [0.1, 0.15) is 16.8 Å². The van der Waals surface area contributed by atoms with Crippen molar-refractivity contribution >= 4 is 12.4 Å². The smallest absolute Gasteiger partial charge is 0.226 e. The Morgan fingerprint density at radius 3 is 2.85 bits per heavy atom. The molecule has 5 nitrogen and oxygen atoms in total. The molecule has 2 heterocycles. The molecule has 1 unspecified atom stereocenters. The largest absolute Gasteiger partial charge is 0.493 e. The number of fused-ring (bicyclic) bond motifs is 1. The highest BCUT2D eigenvalue weighted by atomic mass is 35.5. The second-order valence-corrected chi connectivity index (χ2v) is 6.31. The van der Waals surface area contributed by atoms with Crippen molar-refractivity contribution in [3.05, 3.63) is 71.6 Å². The van der Waals surface area contributed by atoms with E-state index in [2.05, 4.69) is 22.4 Å². The molecular weight excluding hydrogens is 362 g/mol. The van der Waals surface area contributed by atoms with Gasteiger partial charge in [-0.25, -0.2) is 4.98 Å². The number of nitriles is 1. The Labute approximate surface area is 164 Å². The summed E-state index contributed by atoms with van der Waals surface area (Å²) in [6.45, 7) is 1.26. The molecular formula is C21H20ClN3O2. The first-order valence-corrected chi connectivity index (χ1v) is 8.69. The molecule has 0 bridgehead atoms. The van der Waals surface area contributed by atoms with E-state index in [1.807, 2.05) is 42.5 Å². The summed E-state index contributed by atoms with van der Waals surface area (Å²) < 4.78 is 11.4. The number of ether oxygens (including phenoxy) is 1. The molecule has 0 amide bonds. The molecule has 1 aliphatic rings. The third kappa shape index (κ3) is 4.48. The number of benzene rings is 2. The number of nitrogens with one attached hydrogen (secondary N) is 1. The first-order chi connectivity index (χ1) is 12.8. The second kappa shape index (κ2) is 8.72. The SMILES string of the molecule is Cl.N#CC1Cc2cc(OCCc3coc(-c4ccccc4)n3)ccc2CN1. The van der Waals surface area contributed by atoms with Crippen molar-refractivity contribution in [1.29, 1.82) is 5.26 Å². The number of rotatable bonds is 5. The Hall–Kier alpha value is -2.81. The summed E-state index contributed by atoms with van der Waals surface area (Å²) in [5.41, 5.74) is 4.25. The molecule has 0 aliphatic carbocycles. The Bertz CT molecular complexity index is 934. The van der Waals surface area contributed by atoms with Crippen molar-refractivity contribution in [3.63, 3.8) is 0 Å². The quantitative estimate of drug-likeness (QED) is 0.725. The first kappa shape index (κ1) is 19.0. The van der Waals surface area contributed by atoms with E-state index in [1.54, 1.807) is 6.26 Å². The van der Waals surface area contributed by atoms with Crippen molar-refractivity contribution in [2.24, 2.45) is 0 Å². The minimum atomic E-state index is -0.121. The highest BCUT2D eigenvalue weighted by molar-refractivity contribution is 5.85. The minimum absolute atomic E-state index is 0. The Morgan fingerprint density at radius 2 is 2.04 bits per heavy atom. The average Bonchev–Trinajstić information content (AvgIpc) is 3.17. The highest BCUT2D eigenvalue weighted by Gasteiger charge is 2.17. The van der Waals surface area contributed by atoms with Crippen LogP contribution in [0.2, 0.25) is 0 Å².